The highest BCUT2D eigenvalue weighted by Gasteiger charge is 2.32. The first-order chi connectivity index (χ1) is 17.5. The SMILES string of the molecule is Cc1ccc(N(C)c2c3c(=O)n(C4CC4)c(=O)n(-c4cccc(C(N)=O)c4)c3c(C)c(=O)n2C)c(F)c1. The van der Waals surface area contributed by atoms with Crippen molar-refractivity contribution in [3.63, 3.8) is 0 Å². The highest BCUT2D eigenvalue weighted by Crippen LogP contribution is 2.35. The standard InChI is InChI=1S/C27H26FN5O4/c1-14-8-11-20(19(28)12-14)30(3)24-21-22(15(2)25(35)31(24)4)32(18-7-5-6-16(13-18)23(29)34)27(37)33(26(21)36)17-9-10-17/h5-8,11-13,17H,9-10H2,1-4H3,(H2,29,34). The van der Waals surface area contributed by atoms with Gasteiger partial charge in [-0.1, -0.05) is 12.1 Å². The highest BCUT2D eigenvalue weighted by molar-refractivity contribution is 5.95. The van der Waals surface area contributed by atoms with Crippen molar-refractivity contribution >= 4 is 28.3 Å². The van der Waals surface area contributed by atoms with Gasteiger partial charge in [-0.2, -0.15) is 0 Å². The van der Waals surface area contributed by atoms with Gasteiger partial charge in [0.25, 0.3) is 11.1 Å². The molecule has 10 heteroatoms. The normalized spacial score (nSPS) is 13.2. The molecule has 4 aromatic rings. The number of pyridine rings is 1. The van der Waals surface area contributed by atoms with Crippen LogP contribution in [0.2, 0.25) is 0 Å². The van der Waals surface area contributed by atoms with Crippen LogP contribution in [0.15, 0.2) is 56.8 Å². The van der Waals surface area contributed by atoms with Crippen LogP contribution >= 0.6 is 0 Å². The number of aromatic nitrogens is 3. The van der Waals surface area contributed by atoms with Gasteiger partial charge in [0.15, 0.2) is 0 Å². The Morgan fingerprint density at radius 1 is 1.05 bits per heavy atom. The van der Waals surface area contributed by atoms with Gasteiger partial charge in [-0.25, -0.2) is 9.18 Å². The number of anilines is 2. The smallest absolute Gasteiger partial charge is 0.336 e. The number of primary amides is 1. The van der Waals surface area contributed by atoms with E-state index in [1.807, 2.05) is 0 Å². The van der Waals surface area contributed by atoms with E-state index in [1.165, 1.54) is 50.8 Å². The Kier molecular flexibility index (Phi) is 5.62. The largest absolute Gasteiger partial charge is 0.366 e. The van der Waals surface area contributed by atoms with Gasteiger partial charge in [0.05, 0.1) is 16.9 Å². The van der Waals surface area contributed by atoms with E-state index >= 15 is 4.39 Å². The number of hydrogen-bond acceptors (Lipinski definition) is 5. The third kappa shape index (κ3) is 3.76. The quantitative estimate of drug-likeness (QED) is 0.450. The van der Waals surface area contributed by atoms with Crippen molar-refractivity contribution in [2.24, 2.45) is 12.8 Å². The zero-order valence-electron chi connectivity index (χ0n) is 20.9. The Morgan fingerprint density at radius 3 is 2.38 bits per heavy atom. The molecule has 0 saturated heterocycles. The minimum absolute atomic E-state index is 0.0954. The Bertz CT molecular complexity index is 1800. The van der Waals surface area contributed by atoms with Crippen LogP contribution in [0.25, 0.3) is 16.6 Å². The first-order valence-electron chi connectivity index (χ1n) is 11.8. The van der Waals surface area contributed by atoms with Crippen molar-refractivity contribution in [1.82, 2.24) is 13.7 Å². The Morgan fingerprint density at radius 2 is 1.76 bits per heavy atom. The highest BCUT2D eigenvalue weighted by atomic mass is 19.1. The van der Waals surface area contributed by atoms with Gasteiger partial charge in [-0.05, 0) is 62.6 Å². The second kappa shape index (κ2) is 8.58. The third-order valence-corrected chi connectivity index (χ3v) is 6.90. The molecule has 9 nitrogen and oxygen atoms in total. The minimum Gasteiger partial charge on any atom is -0.366 e. The number of amides is 1. The summed E-state index contributed by atoms with van der Waals surface area (Å²) >= 11 is 0. The van der Waals surface area contributed by atoms with E-state index in [-0.39, 0.29) is 45.3 Å². The van der Waals surface area contributed by atoms with Crippen LogP contribution in [-0.2, 0) is 7.05 Å². The summed E-state index contributed by atoms with van der Waals surface area (Å²) in [6, 6.07) is 10.5. The number of carbonyl (C=O) groups is 1. The van der Waals surface area contributed by atoms with E-state index in [2.05, 4.69) is 0 Å². The fourth-order valence-corrected chi connectivity index (χ4v) is 4.88. The number of rotatable bonds is 5. The monoisotopic (exact) mass is 503 g/mol. The van der Waals surface area contributed by atoms with E-state index in [1.54, 1.807) is 38.2 Å². The topological polar surface area (TPSA) is 112 Å². The molecule has 190 valence electrons. The molecule has 1 aliphatic rings. The lowest BCUT2D eigenvalue weighted by molar-refractivity contribution is 0.1000. The molecule has 37 heavy (non-hydrogen) atoms. The van der Waals surface area contributed by atoms with Gasteiger partial charge in [0, 0.05) is 31.3 Å². The number of nitrogens with two attached hydrogens (primary N) is 1. The second-order valence-electron chi connectivity index (χ2n) is 9.49. The summed E-state index contributed by atoms with van der Waals surface area (Å²) in [5.41, 5.74) is 5.45. The van der Waals surface area contributed by atoms with Gasteiger partial charge in [-0.15, -0.1) is 0 Å². The minimum atomic E-state index is -0.683. The van der Waals surface area contributed by atoms with Crippen molar-refractivity contribution in [3.8, 4) is 5.69 Å². The molecule has 0 atom stereocenters. The van der Waals surface area contributed by atoms with Crippen LogP contribution in [0.5, 0.6) is 0 Å². The van der Waals surface area contributed by atoms with Crippen molar-refractivity contribution in [2.75, 3.05) is 11.9 Å². The summed E-state index contributed by atoms with van der Waals surface area (Å²) in [6.07, 6.45) is 1.31. The summed E-state index contributed by atoms with van der Waals surface area (Å²) in [5.74, 6) is -1.06. The molecule has 2 N–H and O–H groups in total. The molecule has 1 aliphatic carbocycles. The number of carbonyl (C=O) groups excluding carboxylic acids is 1. The van der Waals surface area contributed by atoms with Crippen molar-refractivity contribution in [1.29, 1.82) is 0 Å². The first-order valence-corrected chi connectivity index (χ1v) is 11.8. The van der Waals surface area contributed by atoms with Crippen LogP contribution in [0.1, 0.15) is 40.4 Å². The third-order valence-electron chi connectivity index (χ3n) is 6.90. The zero-order chi connectivity index (χ0) is 26.8. The molecule has 0 bridgehead atoms. The molecule has 0 spiro atoms. The summed E-state index contributed by atoms with van der Waals surface area (Å²) in [6.45, 7) is 3.30. The number of hydrogen-bond donors (Lipinski definition) is 1. The fraction of sp³-hybridized carbons (Fsp3) is 0.259. The number of aryl methyl sites for hydroxylation is 2. The molecule has 1 saturated carbocycles. The van der Waals surface area contributed by atoms with Gasteiger partial charge >= 0.3 is 5.69 Å². The molecule has 0 radical (unpaired) electrons. The number of fused-ring (bicyclic) bond motifs is 1. The van der Waals surface area contributed by atoms with Crippen LogP contribution in [0.4, 0.5) is 15.9 Å². The average Bonchev–Trinajstić information content (AvgIpc) is 3.68. The summed E-state index contributed by atoms with van der Waals surface area (Å²) < 4.78 is 18.8. The van der Waals surface area contributed by atoms with Crippen LogP contribution in [0.3, 0.4) is 0 Å². The van der Waals surface area contributed by atoms with E-state index in [0.717, 1.165) is 5.56 Å². The number of nitrogens with zero attached hydrogens (tertiary/aromatic N) is 4. The number of halogens is 1. The molecule has 0 aliphatic heterocycles. The maximum absolute atomic E-state index is 15.0. The molecule has 2 heterocycles. The van der Waals surface area contributed by atoms with Crippen LogP contribution in [0, 0.1) is 19.7 Å². The molecule has 1 fully saturated rings. The molecule has 5 rings (SSSR count). The Balaban J connectivity index is 1.98. The van der Waals surface area contributed by atoms with Gasteiger partial charge in [-0.3, -0.25) is 28.1 Å². The van der Waals surface area contributed by atoms with Crippen molar-refractivity contribution in [2.45, 2.75) is 32.7 Å². The van der Waals surface area contributed by atoms with E-state index in [0.29, 0.717) is 12.8 Å². The molecule has 2 aromatic carbocycles. The molecule has 2 aromatic heterocycles. The lowest BCUT2D eigenvalue weighted by atomic mass is 10.1. The van der Waals surface area contributed by atoms with Crippen LogP contribution in [-0.4, -0.2) is 26.7 Å². The molecular formula is C27H26FN5O4. The molecule has 1 amide bonds. The molecule has 0 unspecified atom stereocenters. The Hall–Kier alpha value is -4.47. The van der Waals surface area contributed by atoms with Crippen LogP contribution < -0.4 is 27.4 Å². The summed E-state index contributed by atoms with van der Waals surface area (Å²) in [7, 11) is 3.08. The lowest BCUT2D eigenvalue weighted by Crippen LogP contribution is -2.42. The fourth-order valence-electron chi connectivity index (χ4n) is 4.88. The number of benzene rings is 2. The van der Waals surface area contributed by atoms with Crippen molar-refractivity contribution < 1.29 is 9.18 Å². The van der Waals surface area contributed by atoms with Gasteiger partial charge in [0.1, 0.15) is 17.0 Å². The van der Waals surface area contributed by atoms with E-state index in [4.69, 9.17) is 5.73 Å². The zero-order valence-corrected chi connectivity index (χ0v) is 20.9. The lowest BCUT2D eigenvalue weighted by Gasteiger charge is -2.26. The van der Waals surface area contributed by atoms with E-state index < -0.39 is 28.5 Å². The predicted octanol–water partition coefficient (Wildman–Crippen LogP) is 2.81. The van der Waals surface area contributed by atoms with E-state index in [9.17, 15) is 19.2 Å². The summed E-state index contributed by atoms with van der Waals surface area (Å²) in [4.78, 5) is 54.5. The predicted molar refractivity (Wildman–Crippen MR) is 140 cm³/mol. The first kappa shape index (κ1) is 24.2. The molecular weight excluding hydrogens is 477 g/mol. The van der Waals surface area contributed by atoms with Gasteiger partial charge < -0.3 is 10.6 Å². The average molecular weight is 504 g/mol. The second-order valence-corrected chi connectivity index (χ2v) is 9.49. The maximum atomic E-state index is 15.0. The summed E-state index contributed by atoms with van der Waals surface area (Å²) in [5, 5.41) is 0.0954. The van der Waals surface area contributed by atoms with Crippen molar-refractivity contribution in [3.05, 3.63) is 96.2 Å². The van der Waals surface area contributed by atoms with Gasteiger partial charge in [0.2, 0.25) is 5.91 Å². The Labute approximate surface area is 210 Å². The maximum Gasteiger partial charge on any atom is 0.336 e.